The third-order valence-electron chi connectivity index (χ3n) is 3.01. The summed E-state index contributed by atoms with van der Waals surface area (Å²) in [5, 5.41) is 9.83. The molecule has 1 N–H and O–H groups in total. The zero-order valence-electron chi connectivity index (χ0n) is 8.73. The van der Waals surface area contributed by atoms with E-state index in [9.17, 15) is 5.11 Å². The average molecular weight is 271 g/mol. The fourth-order valence-electron chi connectivity index (χ4n) is 1.89. The van der Waals surface area contributed by atoms with Crippen LogP contribution in [0.15, 0.2) is 22.9 Å². The van der Waals surface area contributed by atoms with Crippen LogP contribution in [-0.4, -0.2) is 29.3 Å². The molecule has 82 valence electrons. The second kappa shape index (κ2) is 4.49. The third-order valence-corrected chi connectivity index (χ3v) is 3.62. The Kier molecular flexibility index (Phi) is 3.26. The Morgan fingerprint density at radius 3 is 3.07 bits per heavy atom. The van der Waals surface area contributed by atoms with Crippen LogP contribution in [-0.2, 0) is 0 Å². The number of aliphatic hydroxyl groups excluding tert-OH is 1. The molecule has 2 heterocycles. The van der Waals surface area contributed by atoms with Gasteiger partial charge >= 0.3 is 0 Å². The van der Waals surface area contributed by atoms with Crippen LogP contribution in [0.5, 0.6) is 0 Å². The molecule has 2 rings (SSSR count). The topological polar surface area (TPSA) is 36.4 Å². The maximum absolute atomic E-state index is 9.83. The van der Waals surface area contributed by atoms with Gasteiger partial charge in [-0.2, -0.15) is 0 Å². The Morgan fingerprint density at radius 2 is 2.40 bits per heavy atom. The molecule has 0 amide bonds. The van der Waals surface area contributed by atoms with Gasteiger partial charge in [-0.15, -0.1) is 0 Å². The average Bonchev–Trinajstić information content (AvgIpc) is 2.23. The quantitative estimate of drug-likeness (QED) is 0.849. The van der Waals surface area contributed by atoms with Gasteiger partial charge in [-0.1, -0.05) is 6.92 Å². The summed E-state index contributed by atoms with van der Waals surface area (Å²) >= 11 is 3.48. The lowest BCUT2D eigenvalue weighted by atomic mass is 9.96. The van der Waals surface area contributed by atoms with Gasteiger partial charge in [-0.25, -0.2) is 0 Å². The van der Waals surface area contributed by atoms with Crippen molar-refractivity contribution in [2.24, 2.45) is 5.92 Å². The predicted octanol–water partition coefficient (Wildman–Crippen LogP) is 2.05. The van der Waals surface area contributed by atoms with Crippen LogP contribution < -0.4 is 4.90 Å². The van der Waals surface area contributed by atoms with Gasteiger partial charge < -0.3 is 10.0 Å². The minimum absolute atomic E-state index is 0.223. The molecule has 15 heavy (non-hydrogen) atoms. The first kappa shape index (κ1) is 10.9. The number of aromatic nitrogens is 1. The van der Waals surface area contributed by atoms with Crippen molar-refractivity contribution >= 4 is 21.6 Å². The highest BCUT2D eigenvalue weighted by Gasteiger charge is 2.25. The highest BCUT2D eigenvalue weighted by atomic mass is 79.9. The Balaban J connectivity index is 2.15. The minimum Gasteiger partial charge on any atom is -0.391 e. The number of β-amino-alcohol motifs (C(OH)–C–C–N with tert-alkyl or cyclic N) is 1. The molecule has 0 spiro atoms. The van der Waals surface area contributed by atoms with Crippen molar-refractivity contribution in [3.8, 4) is 0 Å². The number of aliphatic hydroxyl groups is 1. The van der Waals surface area contributed by atoms with Crippen LogP contribution in [0.1, 0.15) is 13.3 Å². The molecule has 0 saturated carbocycles. The van der Waals surface area contributed by atoms with Crippen LogP contribution in [0.25, 0.3) is 0 Å². The summed E-state index contributed by atoms with van der Waals surface area (Å²) in [7, 11) is 0. The molecule has 2 unspecified atom stereocenters. The molecule has 1 saturated heterocycles. The molecular formula is C11H15BrN2O. The molecule has 1 aliphatic rings. The summed E-state index contributed by atoms with van der Waals surface area (Å²) in [6.07, 6.45) is 4.39. The van der Waals surface area contributed by atoms with Crippen molar-refractivity contribution in [3.63, 3.8) is 0 Å². The van der Waals surface area contributed by atoms with Gasteiger partial charge in [0.2, 0.25) is 0 Å². The largest absolute Gasteiger partial charge is 0.391 e. The van der Waals surface area contributed by atoms with Gasteiger partial charge in [-0.3, -0.25) is 4.98 Å². The summed E-state index contributed by atoms with van der Waals surface area (Å²) in [5.74, 6) is 0.405. The first-order valence-corrected chi connectivity index (χ1v) is 6.00. The molecular weight excluding hydrogens is 256 g/mol. The van der Waals surface area contributed by atoms with E-state index >= 15 is 0 Å². The van der Waals surface area contributed by atoms with Gasteiger partial charge in [0.05, 0.1) is 16.3 Å². The van der Waals surface area contributed by atoms with Gasteiger partial charge in [0.25, 0.3) is 0 Å². The molecule has 1 aromatic heterocycles. The lowest BCUT2D eigenvalue weighted by molar-refractivity contribution is 0.103. The Hall–Kier alpha value is -0.610. The van der Waals surface area contributed by atoms with E-state index in [4.69, 9.17) is 0 Å². The first-order valence-electron chi connectivity index (χ1n) is 5.21. The zero-order chi connectivity index (χ0) is 10.8. The van der Waals surface area contributed by atoms with E-state index in [0.717, 1.165) is 23.1 Å². The van der Waals surface area contributed by atoms with Gasteiger partial charge in [0.1, 0.15) is 0 Å². The van der Waals surface area contributed by atoms with Gasteiger partial charge in [-0.05, 0) is 34.3 Å². The maximum Gasteiger partial charge on any atom is 0.0741 e. The number of anilines is 1. The van der Waals surface area contributed by atoms with Crippen LogP contribution in [0.3, 0.4) is 0 Å². The van der Waals surface area contributed by atoms with E-state index in [0.29, 0.717) is 12.5 Å². The second-order valence-electron chi connectivity index (χ2n) is 4.11. The predicted molar refractivity (Wildman–Crippen MR) is 63.9 cm³/mol. The zero-order valence-corrected chi connectivity index (χ0v) is 10.3. The van der Waals surface area contributed by atoms with E-state index in [1.165, 1.54) is 0 Å². The molecule has 1 aliphatic heterocycles. The van der Waals surface area contributed by atoms with E-state index in [-0.39, 0.29) is 6.10 Å². The number of nitrogens with zero attached hydrogens (tertiary/aromatic N) is 2. The third kappa shape index (κ3) is 2.32. The van der Waals surface area contributed by atoms with Crippen molar-refractivity contribution in [1.29, 1.82) is 0 Å². The standard InChI is InChI=1S/C11H15BrN2O/c1-8-3-5-14(7-11(8)15)10-2-4-13-6-9(10)12/h2,4,6,8,11,15H,3,5,7H2,1H3. The Labute approximate surface area is 98.3 Å². The van der Waals surface area contributed by atoms with Crippen molar-refractivity contribution in [3.05, 3.63) is 22.9 Å². The number of rotatable bonds is 1. The Bertz CT molecular complexity index is 345. The minimum atomic E-state index is -0.223. The number of piperidine rings is 1. The Morgan fingerprint density at radius 1 is 1.60 bits per heavy atom. The SMILES string of the molecule is CC1CCN(c2ccncc2Br)CC1O. The van der Waals surface area contributed by atoms with Crippen molar-refractivity contribution in [1.82, 2.24) is 4.98 Å². The molecule has 2 atom stereocenters. The molecule has 0 bridgehead atoms. The van der Waals surface area contributed by atoms with Crippen molar-refractivity contribution in [2.45, 2.75) is 19.4 Å². The van der Waals surface area contributed by atoms with Crippen LogP contribution >= 0.6 is 15.9 Å². The summed E-state index contributed by atoms with van der Waals surface area (Å²) in [6, 6.07) is 1.98. The lowest BCUT2D eigenvalue weighted by Gasteiger charge is -2.36. The van der Waals surface area contributed by atoms with E-state index < -0.39 is 0 Å². The van der Waals surface area contributed by atoms with E-state index in [1.807, 2.05) is 6.07 Å². The van der Waals surface area contributed by atoms with Gasteiger partial charge in [0.15, 0.2) is 0 Å². The van der Waals surface area contributed by atoms with Crippen molar-refractivity contribution in [2.75, 3.05) is 18.0 Å². The van der Waals surface area contributed by atoms with E-state index in [1.54, 1.807) is 12.4 Å². The molecule has 0 radical (unpaired) electrons. The van der Waals surface area contributed by atoms with Crippen LogP contribution in [0, 0.1) is 5.92 Å². The smallest absolute Gasteiger partial charge is 0.0741 e. The number of pyridine rings is 1. The number of hydrogen-bond donors (Lipinski definition) is 1. The van der Waals surface area contributed by atoms with Crippen LogP contribution in [0.4, 0.5) is 5.69 Å². The number of halogens is 1. The molecule has 4 heteroatoms. The molecule has 0 aromatic carbocycles. The maximum atomic E-state index is 9.83. The summed E-state index contributed by atoms with van der Waals surface area (Å²) < 4.78 is 0.992. The highest BCUT2D eigenvalue weighted by Crippen LogP contribution is 2.28. The van der Waals surface area contributed by atoms with Crippen molar-refractivity contribution < 1.29 is 5.11 Å². The van der Waals surface area contributed by atoms with Crippen LogP contribution in [0.2, 0.25) is 0 Å². The fraction of sp³-hybridized carbons (Fsp3) is 0.545. The normalized spacial score (nSPS) is 26.7. The lowest BCUT2D eigenvalue weighted by Crippen LogP contribution is -2.43. The highest BCUT2D eigenvalue weighted by molar-refractivity contribution is 9.10. The summed E-state index contributed by atoms with van der Waals surface area (Å²) in [4.78, 5) is 6.24. The molecule has 3 nitrogen and oxygen atoms in total. The molecule has 1 aromatic rings. The number of hydrogen-bond acceptors (Lipinski definition) is 3. The van der Waals surface area contributed by atoms with E-state index in [2.05, 4.69) is 32.7 Å². The fourth-order valence-corrected chi connectivity index (χ4v) is 2.39. The summed E-state index contributed by atoms with van der Waals surface area (Å²) in [6.45, 7) is 3.81. The molecule has 0 aliphatic carbocycles. The summed E-state index contributed by atoms with van der Waals surface area (Å²) in [5.41, 5.74) is 1.12. The second-order valence-corrected chi connectivity index (χ2v) is 4.96. The van der Waals surface area contributed by atoms with Gasteiger partial charge in [0, 0.05) is 25.5 Å². The first-order chi connectivity index (χ1) is 7.18. The monoisotopic (exact) mass is 270 g/mol. The molecule has 1 fully saturated rings.